The van der Waals surface area contributed by atoms with Crippen molar-refractivity contribution in [2.75, 3.05) is 5.32 Å². The number of aromatic nitrogens is 2. The Kier molecular flexibility index (Phi) is 5.44. The van der Waals surface area contributed by atoms with Crippen molar-refractivity contribution < 1.29 is 9.18 Å². The average Bonchev–Trinajstić information content (AvgIpc) is 3.05. The first-order valence-electron chi connectivity index (χ1n) is 9.74. The molecular weight excluding hydrogens is 377 g/mol. The third-order valence-corrected chi connectivity index (χ3v) is 4.85. The van der Waals surface area contributed by atoms with E-state index in [1.807, 2.05) is 62.5 Å². The number of hydrogen-bond donors (Lipinski definition) is 1. The number of carbonyl (C=O) groups excluding carboxylic acids is 1. The number of aryl methyl sites for hydroxylation is 2. The third kappa shape index (κ3) is 4.46. The zero-order valence-corrected chi connectivity index (χ0v) is 16.9. The predicted molar refractivity (Wildman–Crippen MR) is 119 cm³/mol. The number of anilines is 1. The molecule has 2 heterocycles. The Morgan fingerprint density at radius 2 is 1.87 bits per heavy atom. The summed E-state index contributed by atoms with van der Waals surface area (Å²) in [5.41, 5.74) is 4.91. The smallest absolute Gasteiger partial charge is 0.249 e. The zero-order valence-electron chi connectivity index (χ0n) is 16.9. The van der Waals surface area contributed by atoms with Crippen LogP contribution in [0.2, 0.25) is 0 Å². The maximum absolute atomic E-state index is 13.2. The molecular formula is C25H22FN3O. The monoisotopic (exact) mass is 399 g/mol. The molecule has 5 heteroatoms. The van der Waals surface area contributed by atoms with Crippen LogP contribution in [-0.4, -0.2) is 15.5 Å². The van der Waals surface area contributed by atoms with E-state index in [0.29, 0.717) is 12.4 Å². The van der Waals surface area contributed by atoms with Gasteiger partial charge < -0.3 is 9.88 Å². The molecule has 4 nitrogen and oxygen atoms in total. The number of fused-ring (bicyclic) bond motifs is 1. The fraction of sp³-hybridized carbons (Fsp3) is 0.120. The van der Waals surface area contributed by atoms with E-state index < -0.39 is 0 Å². The van der Waals surface area contributed by atoms with Crippen LogP contribution in [0, 0.1) is 19.7 Å². The molecule has 4 aromatic rings. The summed E-state index contributed by atoms with van der Waals surface area (Å²) < 4.78 is 15.3. The van der Waals surface area contributed by atoms with Gasteiger partial charge in [-0.25, -0.2) is 9.37 Å². The van der Waals surface area contributed by atoms with Gasteiger partial charge in [-0.3, -0.25) is 4.79 Å². The Morgan fingerprint density at radius 3 is 2.63 bits per heavy atom. The fourth-order valence-electron chi connectivity index (χ4n) is 3.56. The van der Waals surface area contributed by atoms with E-state index in [9.17, 15) is 9.18 Å². The molecule has 0 aliphatic carbocycles. The van der Waals surface area contributed by atoms with Gasteiger partial charge in [0.25, 0.3) is 0 Å². The van der Waals surface area contributed by atoms with Crippen LogP contribution in [0.25, 0.3) is 17.0 Å². The molecule has 1 N–H and O–H groups in total. The zero-order chi connectivity index (χ0) is 21.1. The van der Waals surface area contributed by atoms with Crippen molar-refractivity contribution in [1.82, 2.24) is 9.55 Å². The van der Waals surface area contributed by atoms with Crippen LogP contribution in [0.1, 0.15) is 22.4 Å². The van der Waals surface area contributed by atoms with Gasteiger partial charge in [-0.2, -0.15) is 0 Å². The Balaban J connectivity index is 1.57. The van der Waals surface area contributed by atoms with Crippen molar-refractivity contribution in [3.63, 3.8) is 0 Å². The number of carbonyl (C=O) groups is 1. The topological polar surface area (TPSA) is 46.9 Å². The van der Waals surface area contributed by atoms with Crippen LogP contribution >= 0.6 is 0 Å². The lowest BCUT2D eigenvalue weighted by molar-refractivity contribution is -0.111. The summed E-state index contributed by atoms with van der Waals surface area (Å²) in [6.07, 6.45) is 5.33. The van der Waals surface area contributed by atoms with Crippen molar-refractivity contribution >= 4 is 28.7 Å². The number of pyridine rings is 1. The molecule has 1 amide bonds. The minimum Gasteiger partial charge on any atom is -0.342 e. The number of halogens is 1. The van der Waals surface area contributed by atoms with Gasteiger partial charge in [0, 0.05) is 41.0 Å². The first-order valence-corrected chi connectivity index (χ1v) is 9.74. The number of rotatable bonds is 5. The quantitative estimate of drug-likeness (QED) is 0.451. The van der Waals surface area contributed by atoms with E-state index in [1.165, 1.54) is 18.2 Å². The highest BCUT2D eigenvalue weighted by Crippen LogP contribution is 2.24. The molecule has 0 saturated heterocycles. The van der Waals surface area contributed by atoms with Gasteiger partial charge in [-0.1, -0.05) is 30.3 Å². The van der Waals surface area contributed by atoms with Crippen molar-refractivity contribution in [3.8, 4) is 0 Å². The largest absolute Gasteiger partial charge is 0.342 e. The lowest BCUT2D eigenvalue weighted by Crippen LogP contribution is -2.09. The molecule has 30 heavy (non-hydrogen) atoms. The van der Waals surface area contributed by atoms with E-state index >= 15 is 0 Å². The predicted octanol–water partition coefficient (Wildman–Crippen LogP) is 5.49. The normalized spacial score (nSPS) is 11.3. The van der Waals surface area contributed by atoms with Gasteiger partial charge in [0.1, 0.15) is 11.6 Å². The van der Waals surface area contributed by atoms with Gasteiger partial charge in [0.05, 0.1) is 0 Å². The third-order valence-electron chi connectivity index (χ3n) is 4.85. The second-order valence-electron chi connectivity index (χ2n) is 7.35. The van der Waals surface area contributed by atoms with Crippen molar-refractivity contribution in [2.45, 2.75) is 20.4 Å². The molecule has 0 radical (unpaired) electrons. The van der Waals surface area contributed by atoms with Crippen molar-refractivity contribution in [2.24, 2.45) is 0 Å². The average molecular weight is 399 g/mol. The first kappa shape index (κ1) is 19.6. The van der Waals surface area contributed by atoms with E-state index in [0.717, 1.165) is 33.3 Å². The molecule has 0 saturated carbocycles. The minimum absolute atomic E-state index is 0.233. The number of amides is 1. The summed E-state index contributed by atoms with van der Waals surface area (Å²) in [5.74, 6) is 0.0628. The molecule has 0 bridgehead atoms. The molecule has 0 spiro atoms. The van der Waals surface area contributed by atoms with Crippen LogP contribution in [0.5, 0.6) is 0 Å². The molecule has 0 atom stereocenters. The summed E-state index contributed by atoms with van der Waals surface area (Å²) in [4.78, 5) is 16.7. The Bertz CT molecular complexity index is 1220. The van der Waals surface area contributed by atoms with Crippen LogP contribution in [0.15, 0.2) is 72.9 Å². The van der Waals surface area contributed by atoms with Crippen LogP contribution < -0.4 is 5.32 Å². The van der Waals surface area contributed by atoms with Gasteiger partial charge in [-0.15, -0.1) is 0 Å². The van der Waals surface area contributed by atoms with Crippen molar-refractivity contribution in [1.29, 1.82) is 0 Å². The molecule has 0 unspecified atom stereocenters. The fourth-order valence-corrected chi connectivity index (χ4v) is 3.56. The number of nitrogens with zero attached hydrogens (tertiary/aromatic N) is 2. The number of nitrogens with one attached hydrogen (secondary N) is 1. The van der Waals surface area contributed by atoms with Crippen LogP contribution in [0.3, 0.4) is 0 Å². The molecule has 4 rings (SSSR count). The molecule has 2 aromatic heterocycles. The maximum atomic E-state index is 13.2. The molecule has 150 valence electrons. The molecule has 0 aliphatic heterocycles. The molecule has 2 aromatic carbocycles. The minimum atomic E-state index is -0.246. The highest BCUT2D eigenvalue weighted by Gasteiger charge is 2.08. The van der Waals surface area contributed by atoms with E-state index in [1.54, 1.807) is 12.1 Å². The van der Waals surface area contributed by atoms with Gasteiger partial charge in [0.2, 0.25) is 5.91 Å². The van der Waals surface area contributed by atoms with Crippen LogP contribution in [0.4, 0.5) is 10.2 Å². The first-order chi connectivity index (χ1) is 14.5. The van der Waals surface area contributed by atoms with Crippen molar-refractivity contribution in [3.05, 3.63) is 101 Å². The van der Waals surface area contributed by atoms with E-state index in [2.05, 4.69) is 14.9 Å². The summed E-state index contributed by atoms with van der Waals surface area (Å²) >= 11 is 0. The Hall–Kier alpha value is -3.73. The number of hydrogen-bond acceptors (Lipinski definition) is 2. The summed E-state index contributed by atoms with van der Waals surface area (Å²) in [6.45, 7) is 4.48. The summed E-state index contributed by atoms with van der Waals surface area (Å²) in [7, 11) is 0. The van der Waals surface area contributed by atoms with Gasteiger partial charge in [-0.05, 0) is 61.4 Å². The molecule has 0 fully saturated rings. The SMILES string of the molecule is Cc1cc(C)nc(NC(=O)/C=C/c2cn(Cc3ccc(F)cc3)c3ccccc23)c1. The van der Waals surface area contributed by atoms with E-state index in [-0.39, 0.29) is 11.7 Å². The lowest BCUT2D eigenvalue weighted by atomic mass is 10.1. The second kappa shape index (κ2) is 8.33. The maximum Gasteiger partial charge on any atom is 0.249 e. The molecule has 0 aliphatic rings. The van der Waals surface area contributed by atoms with Crippen LogP contribution in [-0.2, 0) is 11.3 Å². The second-order valence-corrected chi connectivity index (χ2v) is 7.35. The van der Waals surface area contributed by atoms with Gasteiger partial charge in [0.15, 0.2) is 0 Å². The number of benzene rings is 2. The Morgan fingerprint density at radius 1 is 1.10 bits per heavy atom. The van der Waals surface area contributed by atoms with Gasteiger partial charge >= 0.3 is 0 Å². The lowest BCUT2D eigenvalue weighted by Gasteiger charge is -2.05. The number of para-hydroxylation sites is 1. The highest BCUT2D eigenvalue weighted by molar-refractivity contribution is 6.03. The standard InChI is InChI=1S/C25H22FN3O/c1-17-13-18(2)27-24(14-17)28-25(30)12-9-20-16-29(23-6-4-3-5-22(20)23)15-19-7-10-21(26)11-8-19/h3-14,16H,15H2,1-2H3,(H,27,28,30)/b12-9+. The van der Waals surface area contributed by atoms with E-state index in [4.69, 9.17) is 0 Å². The Labute approximate surface area is 174 Å². The summed E-state index contributed by atoms with van der Waals surface area (Å²) in [5, 5.41) is 3.86. The highest BCUT2D eigenvalue weighted by atomic mass is 19.1. The summed E-state index contributed by atoms with van der Waals surface area (Å²) in [6, 6.07) is 18.3.